The number of amides is 1. The maximum Gasteiger partial charge on any atom is 0.254 e. The number of piperidine rings is 1. The van der Waals surface area contributed by atoms with Gasteiger partial charge in [-0.1, -0.05) is 36.4 Å². The average molecular weight is 323 g/mol. The van der Waals surface area contributed by atoms with Crippen molar-refractivity contribution in [1.29, 1.82) is 0 Å². The standard InChI is InChI=1S/C21H25NO2/c1-4-5-7-17-15(3)12-19-18(17)8-6-11-22(19)21(24)16-10-9-14(2)20(23)13-16/h4-5,7,9-10,13,18-19,23H,1,6,8,11-12H2,2-3H3/b7-5-/t18-,19+/m1/s1. The molecule has 1 aromatic rings. The number of phenols is 1. The summed E-state index contributed by atoms with van der Waals surface area (Å²) in [5, 5.41) is 9.92. The number of phenolic OH excluding ortho intramolecular Hbond substituents is 1. The Bertz CT molecular complexity index is 729. The maximum absolute atomic E-state index is 13.0. The number of carbonyl (C=O) groups is 1. The zero-order chi connectivity index (χ0) is 17.3. The van der Waals surface area contributed by atoms with Gasteiger partial charge in [-0.05, 0) is 56.4 Å². The first-order valence-electron chi connectivity index (χ1n) is 8.62. The molecule has 1 aliphatic carbocycles. The summed E-state index contributed by atoms with van der Waals surface area (Å²) in [7, 11) is 0. The van der Waals surface area contributed by atoms with Gasteiger partial charge in [-0.2, -0.15) is 0 Å². The SMILES string of the molecule is C=C/C=C\C1=C(C)C[C@H]2[C@@H]1CCCN2C(=O)c1ccc(C)c(O)c1. The highest BCUT2D eigenvalue weighted by molar-refractivity contribution is 5.95. The van der Waals surface area contributed by atoms with Gasteiger partial charge in [-0.25, -0.2) is 0 Å². The number of allylic oxidation sites excluding steroid dienone is 3. The lowest BCUT2D eigenvalue weighted by Gasteiger charge is -2.38. The second-order valence-corrected chi connectivity index (χ2v) is 6.85. The normalized spacial score (nSPS) is 23.7. The first-order valence-corrected chi connectivity index (χ1v) is 8.62. The number of nitrogens with zero attached hydrogens (tertiary/aromatic N) is 1. The highest BCUT2D eigenvalue weighted by Gasteiger charge is 2.40. The zero-order valence-electron chi connectivity index (χ0n) is 14.5. The molecule has 1 aromatic carbocycles. The molecule has 3 nitrogen and oxygen atoms in total. The van der Waals surface area contributed by atoms with Crippen molar-refractivity contribution >= 4 is 5.91 Å². The van der Waals surface area contributed by atoms with Crippen LogP contribution in [0, 0.1) is 12.8 Å². The van der Waals surface area contributed by atoms with Crippen LogP contribution in [0.3, 0.4) is 0 Å². The van der Waals surface area contributed by atoms with Crippen molar-refractivity contribution in [3.8, 4) is 5.75 Å². The average Bonchev–Trinajstić information content (AvgIpc) is 2.90. The van der Waals surface area contributed by atoms with Gasteiger partial charge < -0.3 is 10.0 Å². The van der Waals surface area contributed by atoms with Gasteiger partial charge in [-0.3, -0.25) is 4.79 Å². The Morgan fingerprint density at radius 1 is 1.38 bits per heavy atom. The first-order chi connectivity index (χ1) is 11.5. The molecule has 24 heavy (non-hydrogen) atoms. The molecule has 0 saturated carbocycles. The van der Waals surface area contributed by atoms with E-state index in [1.807, 2.05) is 24.0 Å². The van der Waals surface area contributed by atoms with Crippen molar-refractivity contribution in [1.82, 2.24) is 4.90 Å². The van der Waals surface area contributed by atoms with Crippen molar-refractivity contribution in [3.05, 3.63) is 65.3 Å². The Balaban J connectivity index is 1.85. The molecule has 0 spiro atoms. The minimum Gasteiger partial charge on any atom is -0.508 e. The summed E-state index contributed by atoms with van der Waals surface area (Å²) >= 11 is 0. The van der Waals surface area contributed by atoms with E-state index in [0.29, 0.717) is 11.5 Å². The van der Waals surface area contributed by atoms with Gasteiger partial charge in [0.2, 0.25) is 0 Å². The minimum absolute atomic E-state index is 0.0294. The fourth-order valence-corrected chi connectivity index (χ4v) is 4.02. The van der Waals surface area contributed by atoms with Crippen molar-refractivity contribution in [2.24, 2.45) is 5.92 Å². The van der Waals surface area contributed by atoms with Crippen molar-refractivity contribution in [3.63, 3.8) is 0 Å². The van der Waals surface area contributed by atoms with Gasteiger partial charge in [0.1, 0.15) is 5.75 Å². The van der Waals surface area contributed by atoms with Crippen LogP contribution in [0.1, 0.15) is 42.1 Å². The summed E-state index contributed by atoms with van der Waals surface area (Å²) < 4.78 is 0. The summed E-state index contributed by atoms with van der Waals surface area (Å²) in [6.45, 7) is 8.55. The van der Waals surface area contributed by atoms with Crippen LogP contribution in [0.25, 0.3) is 0 Å². The third kappa shape index (κ3) is 2.91. The molecule has 3 heteroatoms. The number of rotatable bonds is 3. The molecule has 2 aliphatic rings. The Kier molecular flexibility index (Phi) is 4.61. The number of aryl methyl sites for hydroxylation is 1. The van der Waals surface area contributed by atoms with E-state index in [1.165, 1.54) is 11.1 Å². The Morgan fingerprint density at radius 2 is 2.17 bits per heavy atom. The zero-order valence-corrected chi connectivity index (χ0v) is 14.5. The van der Waals surface area contributed by atoms with Crippen molar-refractivity contribution < 1.29 is 9.90 Å². The number of aromatic hydroxyl groups is 1. The van der Waals surface area contributed by atoms with Crippen LogP contribution in [0.5, 0.6) is 5.75 Å². The van der Waals surface area contributed by atoms with E-state index < -0.39 is 0 Å². The number of hydrogen-bond donors (Lipinski definition) is 1. The number of carbonyl (C=O) groups excluding carboxylic acids is 1. The fraction of sp³-hybridized carbons (Fsp3) is 0.381. The van der Waals surface area contributed by atoms with Crippen LogP contribution in [0.15, 0.2) is 54.2 Å². The molecule has 1 saturated heterocycles. The summed E-state index contributed by atoms with van der Waals surface area (Å²) in [4.78, 5) is 15.0. The highest BCUT2D eigenvalue weighted by Crippen LogP contribution is 2.42. The predicted octanol–water partition coefficient (Wildman–Crippen LogP) is 4.38. The van der Waals surface area contributed by atoms with E-state index in [2.05, 4.69) is 19.6 Å². The van der Waals surface area contributed by atoms with E-state index in [-0.39, 0.29) is 17.7 Å². The van der Waals surface area contributed by atoms with Crippen LogP contribution < -0.4 is 0 Å². The topological polar surface area (TPSA) is 40.5 Å². The lowest BCUT2D eigenvalue weighted by atomic mass is 9.87. The molecule has 0 aromatic heterocycles. The van der Waals surface area contributed by atoms with Gasteiger partial charge >= 0.3 is 0 Å². The summed E-state index contributed by atoms with van der Waals surface area (Å²) in [5.74, 6) is 0.629. The highest BCUT2D eigenvalue weighted by atomic mass is 16.3. The van der Waals surface area contributed by atoms with E-state index >= 15 is 0 Å². The van der Waals surface area contributed by atoms with E-state index in [0.717, 1.165) is 31.4 Å². The second kappa shape index (κ2) is 6.68. The Hall–Kier alpha value is -2.29. The van der Waals surface area contributed by atoms with E-state index in [1.54, 1.807) is 18.2 Å². The van der Waals surface area contributed by atoms with Crippen LogP contribution in [0.2, 0.25) is 0 Å². The largest absolute Gasteiger partial charge is 0.508 e. The van der Waals surface area contributed by atoms with Crippen LogP contribution in [-0.4, -0.2) is 28.5 Å². The molecule has 2 atom stereocenters. The molecule has 0 radical (unpaired) electrons. The maximum atomic E-state index is 13.0. The van der Waals surface area contributed by atoms with Gasteiger partial charge in [0, 0.05) is 24.1 Å². The molecule has 0 bridgehead atoms. The summed E-state index contributed by atoms with van der Waals surface area (Å²) in [5.41, 5.74) is 4.10. The van der Waals surface area contributed by atoms with Crippen LogP contribution >= 0.6 is 0 Å². The van der Waals surface area contributed by atoms with Gasteiger partial charge in [0.15, 0.2) is 0 Å². The molecule has 0 unspecified atom stereocenters. The lowest BCUT2D eigenvalue weighted by molar-refractivity contribution is 0.0563. The number of hydrogen-bond acceptors (Lipinski definition) is 2. The molecular formula is C21H25NO2. The van der Waals surface area contributed by atoms with Crippen molar-refractivity contribution in [2.45, 2.75) is 39.2 Å². The van der Waals surface area contributed by atoms with Gasteiger partial charge in [0.05, 0.1) is 0 Å². The van der Waals surface area contributed by atoms with Gasteiger partial charge in [-0.15, -0.1) is 0 Å². The molecule has 1 aliphatic heterocycles. The Labute approximate surface area is 144 Å². The molecule has 3 rings (SSSR count). The second-order valence-electron chi connectivity index (χ2n) is 6.85. The lowest BCUT2D eigenvalue weighted by Crippen LogP contribution is -2.47. The van der Waals surface area contributed by atoms with Crippen molar-refractivity contribution in [2.75, 3.05) is 6.54 Å². The molecule has 126 valence electrons. The molecule has 1 fully saturated rings. The Morgan fingerprint density at radius 3 is 2.88 bits per heavy atom. The number of fused-ring (bicyclic) bond motifs is 1. The number of benzene rings is 1. The molecule has 1 heterocycles. The predicted molar refractivity (Wildman–Crippen MR) is 97.0 cm³/mol. The fourth-order valence-electron chi connectivity index (χ4n) is 4.02. The van der Waals surface area contributed by atoms with Crippen LogP contribution in [-0.2, 0) is 0 Å². The van der Waals surface area contributed by atoms with Crippen LogP contribution in [0.4, 0.5) is 0 Å². The minimum atomic E-state index is 0.0294. The monoisotopic (exact) mass is 323 g/mol. The molecular weight excluding hydrogens is 298 g/mol. The van der Waals surface area contributed by atoms with Gasteiger partial charge in [0.25, 0.3) is 5.91 Å². The molecule has 1 N–H and O–H groups in total. The first kappa shape index (κ1) is 16.6. The third-order valence-corrected chi connectivity index (χ3v) is 5.32. The van der Waals surface area contributed by atoms with E-state index in [9.17, 15) is 9.90 Å². The third-order valence-electron chi connectivity index (χ3n) is 5.32. The molecule has 1 amide bonds. The summed E-state index contributed by atoms with van der Waals surface area (Å²) in [6, 6.07) is 5.45. The summed E-state index contributed by atoms with van der Waals surface area (Å²) in [6.07, 6.45) is 9.02. The van der Waals surface area contributed by atoms with E-state index in [4.69, 9.17) is 0 Å². The number of likely N-dealkylation sites (tertiary alicyclic amines) is 1. The smallest absolute Gasteiger partial charge is 0.254 e. The quantitative estimate of drug-likeness (QED) is 0.838.